The maximum Gasteiger partial charge on any atom is 0.230 e. The maximum absolute atomic E-state index is 12.4. The van der Waals surface area contributed by atoms with Crippen LogP contribution in [0.15, 0.2) is 59.1 Å². The lowest BCUT2D eigenvalue weighted by Crippen LogP contribution is -2.49. The van der Waals surface area contributed by atoms with Gasteiger partial charge in [-0.2, -0.15) is 0 Å². The Labute approximate surface area is 192 Å². The number of H-pyrrole nitrogens is 1. The monoisotopic (exact) mass is 466 g/mol. The van der Waals surface area contributed by atoms with Gasteiger partial charge < -0.3 is 25.5 Å². The van der Waals surface area contributed by atoms with Crippen molar-refractivity contribution >= 4 is 56.7 Å². The number of carboxylic acid groups (broad SMARTS) is 1. The summed E-state index contributed by atoms with van der Waals surface area (Å²) in [7, 11) is 0. The Kier molecular flexibility index (Phi) is 6.72. The molecule has 10 heteroatoms. The highest BCUT2D eigenvalue weighted by Gasteiger charge is 2.17. The van der Waals surface area contributed by atoms with Gasteiger partial charge in [-0.25, -0.2) is 0 Å². The van der Waals surface area contributed by atoms with E-state index < -0.39 is 17.9 Å². The molecular weight excluding hydrogens is 446 g/mol. The Morgan fingerprint density at radius 3 is 2.72 bits per heavy atom. The molecule has 32 heavy (non-hydrogen) atoms. The van der Waals surface area contributed by atoms with Crippen molar-refractivity contribution in [1.82, 2.24) is 20.5 Å². The van der Waals surface area contributed by atoms with Crippen molar-refractivity contribution < 1.29 is 14.7 Å². The summed E-state index contributed by atoms with van der Waals surface area (Å²) < 4.78 is 0.608. The molecule has 4 rings (SSSR count). The van der Waals surface area contributed by atoms with Crippen LogP contribution < -0.4 is 15.7 Å². The van der Waals surface area contributed by atoms with Gasteiger partial charge in [0.15, 0.2) is 4.34 Å². The zero-order valence-corrected chi connectivity index (χ0v) is 18.8. The predicted octanol–water partition coefficient (Wildman–Crippen LogP) is 2.64. The Bertz CT molecular complexity index is 1240. The molecule has 8 nitrogen and oxygen atoms in total. The van der Waals surface area contributed by atoms with Crippen LogP contribution >= 0.6 is 23.1 Å². The highest BCUT2D eigenvalue weighted by atomic mass is 32.2. The third-order valence-electron chi connectivity index (χ3n) is 4.75. The van der Waals surface area contributed by atoms with Crippen molar-refractivity contribution in [2.24, 2.45) is 0 Å². The summed E-state index contributed by atoms with van der Waals surface area (Å²) in [6.07, 6.45) is 1.89. The molecule has 0 fully saturated rings. The van der Waals surface area contributed by atoms with E-state index >= 15 is 0 Å². The van der Waals surface area contributed by atoms with Crippen molar-refractivity contribution in [3.05, 3.63) is 65.9 Å². The first-order chi connectivity index (χ1) is 15.5. The summed E-state index contributed by atoms with van der Waals surface area (Å²) in [5.74, 6) is -1.71. The minimum Gasteiger partial charge on any atom is -0.548 e. The molecule has 2 aromatic carbocycles. The second-order valence-corrected chi connectivity index (χ2v) is 9.36. The van der Waals surface area contributed by atoms with Gasteiger partial charge in [-0.15, -0.1) is 10.2 Å². The van der Waals surface area contributed by atoms with E-state index in [1.165, 1.54) is 23.1 Å². The van der Waals surface area contributed by atoms with Gasteiger partial charge in [0.1, 0.15) is 0 Å². The van der Waals surface area contributed by atoms with Gasteiger partial charge in [-0.1, -0.05) is 59.0 Å². The minimum absolute atomic E-state index is 0.0246. The Balaban J connectivity index is 1.31. The number of fused-ring (bicyclic) bond motifs is 1. The highest BCUT2D eigenvalue weighted by molar-refractivity contribution is 8.01. The fraction of sp³-hybridized carbons (Fsp3) is 0.182. The smallest absolute Gasteiger partial charge is 0.230 e. The van der Waals surface area contributed by atoms with Crippen molar-refractivity contribution in [2.75, 3.05) is 11.1 Å². The number of anilines is 2. The van der Waals surface area contributed by atoms with Crippen LogP contribution in [0.2, 0.25) is 0 Å². The number of aromatic nitrogens is 3. The summed E-state index contributed by atoms with van der Waals surface area (Å²) in [4.78, 5) is 27.1. The van der Waals surface area contributed by atoms with Gasteiger partial charge in [0.05, 0.1) is 17.8 Å². The van der Waals surface area contributed by atoms with E-state index in [1.807, 2.05) is 55.5 Å². The van der Waals surface area contributed by atoms with Crippen LogP contribution in [0.4, 0.5) is 10.8 Å². The van der Waals surface area contributed by atoms with E-state index in [9.17, 15) is 14.7 Å². The molecule has 0 radical (unpaired) electrons. The third-order valence-corrected chi connectivity index (χ3v) is 6.73. The molecule has 0 bridgehead atoms. The van der Waals surface area contributed by atoms with E-state index in [4.69, 9.17) is 0 Å². The first-order valence-corrected chi connectivity index (χ1v) is 11.6. The Morgan fingerprint density at radius 2 is 1.94 bits per heavy atom. The molecule has 164 valence electrons. The van der Waals surface area contributed by atoms with E-state index in [-0.39, 0.29) is 12.2 Å². The fourth-order valence-corrected chi connectivity index (χ4v) is 4.74. The molecule has 2 heterocycles. The van der Waals surface area contributed by atoms with Crippen molar-refractivity contribution in [2.45, 2.75) is 23.7 Å². The van der Waals surface area contributed by atoms with E-state index in [0.717, 1.165) is 27.7 Å². The molecular formula is C22H20N5O3S2-. The number of benzene rings is 2. The summed E-state index contributed by atoms with van der Waals surface area (Å²) in [6, 6.07) is 14.3. The molecule has 4 aromatic rings. The van der Waals surface area contributed by atoms with Crippen LogP contribution in [0.25, 0.3) is 10.9 Å². The maximum atomic E-state index is 12.4. The highest BCUT2D eigenvalue weighted by Crippen LogP contribution is 2.27. The topological polar surface area (TPSA) is 123 Å². The van der Waals surface area contributed by atoms with Gasteiger partial charge in [0, 0.05) is 29.2 Å². The van der Waals surface area contributed by atoms with Crippen LogP contribution in [0.5, 0.6) is 0 Å². The number of aromatic amines is 1. The van der Waals surface area contributed by atoms with Crippen LogP contribution in [0, 0.1) is 6.92 Å². The number of thioether (sulfide) groups is 1. The second kappa shape index (κ2) is 9.84. The first kappa shape index (κ1) is 21.8. The average Bonchev–Trinajstić information content (AvgIpc) is 3.40. The lowest BCUT2D eigenvalue weighted by atomic mass is 10.1. The number of amides is 1. The third kappa shape index (κ3) is 5.45. The van der Waals surface area contributed by atoms with E-state index in [0.29, 0.717) is 9.47 Å². The summed E-state index contributed by atoms with van der Waals surface area (Å²) in [5, 5.41) is 27.0. The van der Waals surface area contributed by atoms with Gasteiger partial charge in [-0.3, -0.25) is 4.79 Å². The number of rotatable bonds is 9. The standard InChI is InChI=1S/C22H21N5O3S2/c1-13-6-8-15(9-7-13)24-21-26-27-22(32-21)31-12-19(28)25-18(20(29)30)10-14-11-23-17-5-3-2-4-16(14)17/h2-9,11,18,23H,10,12H2,1H3,(H,24,26)(H,25,28)(H,29,30)/p-1/t18-/m0/s1. The molecule has 0 saturated heterocycles. The lowest BCUT2D eigenvalue weighted by Gasteiger charge is -2.19. The van der Waals surface area contributed by atoms with Crippen LogP contribution in [0.3, 0.4) is 0 Å². The lowest BCUT2D eigenvalue weighted by molar-refractivity contribution is -0.308. The van der Waals surface area contributed by atoms with Crippen molar-refractivity contribution in [1.29, 1.82) is 0 Å². The number of para-hydroxylation sites is 1. The number of aliphatic carboxylic acids is 1. The molecule has 3 N–H and O–H groups in total. The van der Waals surface area contributed by atoms with Crippen molar-refractivity contribution in [3.63, 3.8) is 0 Å². The first-order valence-electron chi connectivity index (χ1n) is 9.83. The number of carbonyl (C=O) groups excluding carboxylic acids is 2. The number of hydrogen-bond acceptors (Lipinski definition) is 8. The largest absolute Gasteiger partial charge is 0.548 e. The SMILES string of the molecule is Cc1ccc(Nc2nnc(SCC(=O)N[C@@H](Cc3c[nH]c4ccccc34)C(=O)[O-])s2)cc1. The molecule has 1 amide bonds. The second-order valence-electron chi connectivity index (χ2n) is 7.16. The van der Waals surface area contributed by atoms with E-state index in [2.05, 4.69) is 25.8 Å². The normalized spacial score (nSPS) is 11.9. The van der Waals surface area contributed by atoms with Gasteiger partial charge in [0.25, 0.3) is 0 Å². The molecule has 0 spiro atoms. The number of nitrogens with one attached hydrogen (secondary N) is 3. The van der Waals surface area contributed by atoms with Gasteiger partial charge in [-0.05, 0) is 30.7 Å². The van der Waals surface area contributed by atoms with Crippen LogP contribution in [-0.4, -0.2) is 38.9 Å². The quantitative estimate of drug-likeness (QED) is 0.324. The molecule has 0 aliphatic rings. The molecule has 0 saturated carbocycles. The molecule has 1 atom stereocenters. The fourth-order valence-electron chi connectivity index (χ4n) is 3.16. The number of nitrogens with zero attached hydrogens (tertiary/aromatic N) is 2. The zero-order chi connectivity index (χ0) is 22.5. The number of carbonyl (C=O) groups is 2. The molecule has 2 aromatic heterocycles. The zero-order valence-electron chi connectivity index (χ0n) is 17.1. The van der Waals surface area contributed by atoms with Gasteiger partial charge in [0.2, 0.25) is 11.0 Å². The van der Waals surface area contributed by atoms with E-state index in [1.54, 1.807) is 6.20 Å². The van der Waals surface area contributed by atoms with Gasteiger partial charge >= 0.3 is 0 Å². The van der Waals surface area contributed by atoms with Crippen LogP contribution in [0.1, 0.15) is 11.1 Å². The number of carboxylic acids is 1. The Hall–Kier alpha value is -3.37. The predicted molar refractivity (Wildman–Crippen MR) is 124 cm³/mol. The molecule has 0 aliphatic heterocycles. The summed E-state index contributed by atoms with van der Waals surface area (Å²) >= 11 is 2.52. The van der Waals surface area contributed by atoms with Crippen molar-refractivity contribution in [3.8, 4) is 0 Å². The average molecular weight is 467 g/mol. The number of hydrogen-bond donors (Lipinski definition) is 3. The molecule has 0 aliphatic carbocycles. The molecule has 0 unspecified atom stereocenters. The number of aryl methyl sites for hydroxylation is 1. The summed E-state index contributed by atoms with van der Waals surface area (Å²) in [6.45, 7) is 2.01. The summed E-state index contributed by atoms with van der Waals surface area (Å²) in [5.41, 5.74) is 3.77. The minimum atomic E-state index is -1.32. The Morgan fingerprint density at radius 1 is 1.16 bits per heavy atom. The van der Waals surface area contributed by atoms with Crippen LogP contribution in [-0.2, 0) is 16.0 Å².